The molecule has 6 nitrogen and oxygen atoms in total. The Morgan fingerprint density at radius 3 is 2.68 bits per heavy atom. The summed E-state index contributed by atoms with van der Waals surface area (Å²) in [6.45, 7) is 3.11. The number of pyridine rings is 2. The molecule has 146 valence electrons. The average molecular weight is 389 g/mol. The first-order chi connectivity index (χ1) is 13.2. The summed E-state index contributed by atoms with van der Waals surface area (Å²) in [6.07, 6.45) is -1.31. The quantitative estimate of drug-likeness (QED) is 0.733. The summed E-state index contributed by atoms with van der Waals surface area (Å²) in [5.41, 5.74) is 0.863. The molecule has 1 saturated carbocycles. The highest BCUT2D eigenvalue weighted by molar-refractivity contribution is 5.91. The van der Waals surface area contributed by atoms with Gasteiger partial charge in [-0.15, -0.1) is 0 Å². The Morgan fingerprint density at radius 2 is 2.04 bits per heavy atom. The summed E-state index contributed by atoms with van der Waals surface area (Å²) in [5, 5.41) is 6.74. The lowest BCUT2D eigenvalue weighted by Gasteiger charge is -2.11. The molecule has 4 rings (SSSR count). The Morgan fingerprint density at radius 1 is 1.29 bits per heavy atom. The molecule has 0 radical (unpaired) electrons. The number of rotatable bonds is 4. The number of hydrogen-bond donors (Lipinski definition) is 1. The first-order valence-corrected chi connectivity index (χ1v) is 8.90. The minimum atomic E-state index is -4.52. The van der Waals surface area contributed by atoms with Crippen molar-refractivity contribution < 1.29 is 18.0 Å². The summed E-state index contributed by atoms with van der Waals surface area (Å²) in [6, 6.07) is 4.62. The molecule has 0 saturated heterocycles. The normalized spacial score (nSPS) is 14.5. The molecule has 9 heteroatoms. The standard InChI is InChI=1S/C19H18F3N5O/c1-10-5-6-23-15(7-10)25-16(28)9-27-18-17(11(2)26-27)13(19(20,21)22)8-14(24-18)12-3-4-12/h5-8,12H,3-4,9H2,1-2H3,(H,23,25,28). The van der Waals surface area contributed by atoms with Crippen molar-refractivity contribution in [1.29, 1.82) is 0 Å². The molecule has 0 bridgehead atoms. The van der Waals surface area contributed by atoms with E-state index in [9.17, 15) is 18.0 Å². The fraction of sp³-hybridized carbons (Fsp3) is 0.368. The maximum atomic E-state index is 13.6. The van der Waals surface area contributed by atoms with E-state index in [1.54, 1.807) is 18.3 Å². The molecule has 1 fully saturated rings. The molecule has 1 amide bonds. The second-order valence-electron chi connectivity index (χ2n) is 7.07. The highest BCUT2D eigenvalue weighted by Gasteiger charge is 2.37. The molecule has 0 unspecified atom stereocenters. The highest BCUT2D eigenvalue weighted by atomic mass is 19.4. The van der Waals surface area contributed by atoms with Gasteiger partial charge in [-0.05, 0) is 50.5 Å². The zero-order valence-corrected chi connectivity index (χ0v) is 15.3. The molecular formula is C19H18F3N5O. The lowest BCUT2D eigenvalue weighted by Crippen LogP contribution is -2.20. The lowest BCUT2D eigenvalue weighted by atomic mass is 10.1. The Kier molecular flexibility index (Phi) is 4.32. The van der Waals surface area contributed by atoms with Crippen LogP contribution in [0.4, 0.5) is 19.0 Å². The number of aromatic nitrogens is 4. The van der Waals surface area contributed by atoms with Crippen LogP contribution >= 0.6 is 0 Å². The van der Waals surface area contributed by atoms with Crippen molar-refractivity contribution in [2.24, 2.45) is 0 Å². The number of alkyl halides is 3. The third-order valence-electron chi connectivity index (χ3n) is 4.67. The third-order valence-corrected chi connectivity index (χ3v) is 4.67. The van der Waals surface area contributed by atoms with Gasteiger partial charge in [-0.1, -0.05) is 0 Å². The summed E-state index contributed by atoms with van der Waals surface area (Å²) in [4.78, 5) is 20.9. The van der Waals surface area contributed by atoms with E-state index in [2.05, 4.69) is 20.4 Å². The van der Waals surface area contributed by atoms with E-state index in [1.807, 2.05) is 6.92 Å². The Labute approximate surface area is 158 Å². The van der Waals surface area contributed by atoms with E-state index in [-0.39, 0.29) is 29.2 Å². The van der Waals surface area contributed by atoms with Crippen LogP contribution in [0, 0.1) is 13.8 Å². The van der Waals surface area contributed by atoms with Crippen LogP contribution in [0.25, 0.3) is 11.0 Å². The number of hydrogen-bond acceptors (Lipinski definition) is 4. The fourth-order valence-electron chi connectivity index (χ4n) is 3.22. The number of carbonyl (C=O) groups is 1. The van der Waals surface area contributed by atoms with Gasteiger partial charge in [-0.25, -0.2) is 14.6 Å². The summed E-state index contributed by atoms with van der Waals surface area (Å²) in [5.74, 6) is -0.0186. The molecule has 0 aromatic carbocycles. The van der Waals surface area contributed by atoms with Crippen molar-refractivity contribution in [3.63, 3.8) is 0 Å². The number of halogens is 3. The van der Waals surface area contributed by atoms with Gasteiger partial charge < -0.3 is 5.32 Å². The van der Waals surface area contributed by atoms with Gasteiger partial charge in [0.1, 0.15) is 12.4 Å². The monoisotopic (exact) mass is 389 g/mol. The predicted molar refractivity (Wildman–Crippen MR) is 96.8 cm³/mol. The average Bonchev–Trinajstić information content (AvgIpc) is 3.40. The maximum absolute atomic E-state index is 13.6. The second kappa shape index (κ2) is 6.57. The summed E-state index contributed by atoms with van der Waals surface area (Å²) >= 11 is 0. The van der Waals surface area contributed by atoms with Gasteiger partial charge in [0, 0.05) is 17.8 Å². The van der Waals surface area contributed by atoms with E-state index in [0.717, 1.165) is 24.5 Å². The van der Waals surface area contributed by atoms with Crippen LogP contribution in [0.15, 0.2) is 24.4 Å². The van der Waals surface area contributed by atoms with Gasteiger partial charge in [-0.2, -0.15) is 18.3 Å². The lowest BCUT2D eigenvalue weighted by molar-refractivity contribution is -0.136. The summed E-state index contributed by atoms with van der Waals surface area (Å²) < 4.78 is 42.1. The fourth-order valence-corrected chi connectivity index (χ4v) is 3.22. The molecule has 28 heavy (non-hydrogen) atoms. The second-order valence-corrected chi connectivity index (χ2v) is 7.07. The Bertz CT molecular complexity index is 1070. The number of nitrogens with zero attached hydrogens (tertiary/aromatic N) is 4. The number of amides is 1. The van der Waals surface area contributed by atoms with Crippen LogP contribution in [0.5, 0.6) is 0 Å². The molecule has 0 aliphatic heterocycles. The SMILES string of the molecule is Cc1ccnc(NC(=O)Cn2nc(C)c3c(C(F)(F)F)cc(C4CC4)nc32)c1. The van der Waals surface area contributed by atoms with E-state index in [1.165, 1.54) is 11.6 Å². The number of carbonyl (C=O) groups excluding carboxylic acids is 1. The molecule has 3 heterocycles. The molecule has 1 aliphatic rings. The number of nitrogens with one attached hydrogen (secondary N) is 1. The maximum Gasteiger partial charge on any atom is 0.417 e. The van der Waals surface area contributed by atoms with Crippen LogP contribution in [-0.4, -0.2) is 25.7 Å². The van der Waals surface area contributed by atoms with E-state index >= 15 is 0 Å². The minimum Gasteiger partial charge on any atom is -0.309 e. The smallest absolute Gasteiger partial charge is 0.309 e. The van der Waals surface area contributed by atoms with Gasteiger partial charge in [0.25, 0.3) is 0 Å². The van der Waals surface area contributed by atoms with Crippen LogP contribution < -0.4 is 5.32 Å². The van der Waals surface area contributed by atoms with Crippen molar-refractivity contribution in [2.75, 3.05) is 5.32 Å². The van der Waals surface area contributed by atoms with Gasteiger partial charge in [0.2, 0.25) is 5.91 Å². The molecule has 0 spiro atoms. The molecule has 1 N–H and O–H groups in total. The van der Waals surface area contributed by atoms with E-state index in [4.69, 9.17) is 0 Å². The van der Waals surface area contributed by atoms with Gasteiger partial charge in [0.05, 0.1) is 16.6 Å². The molecule has 0 atom stereocenters. The zero-order chi connectivity index (χ0) is 20.1. The molecule has 1 aliphatic carbocycles. The van der Waals surface area contributed by atoms with Crippen LogP contribution in [-0.2, 0) is 17.5 Å². The van der Waals surface area contributed by atoms with Gasteiger partial charge in [0.15, 0.2) is 5.65 Å². The first kappa shape index (κ1) is 18.4. The number of aryl methyl sites for hydroxylation is 2. The number of fused-ring (bicyclic) bond motifs is 1. The van der Waals surface area contributed by atoms with E-state index < -0.39 is 17.6 Å². The minimum absolute atomic E-state index is 0.0412. The van der Waals surface area contributed by atoms with Crippen LogP contribution in [0.2, 0.25) is 0 Å². The molecule has 3 aromatic rings. The summed E-state index contributed by atoms with van der Waals surface area (Å²) in [7, 11) is 0. The first-order valence-electron chi connectivity index (χ1n) is 8.90. The Hall–Kier alpha value is -2.97. The van der Waals surface area contributed by atoms with Gasteiger partial charge in [-0.3, -0.25) is 4.79 Å². The van der Waals surface area contributed by atoms with Gasteiger partial charge >= 0.3 is 6.18 Å². The van der Waals surface area contributed by atoms with Crippen LogP contribution in [0.1, 0.15) is 41.3 Å². The van der Waals surface area contributed by atoms with Crippen molar-refractivity contribution in [1.82, 2.24) is 19.7 Å². The van der Waals surface area contributed by atoms with Crippen molar-refractivity contribution in [3.8, 4) is 0 Å². The third kappa shape index (κ3) is 3.56. The Balaban J connectivity index is 1.71. The molecule has 3 aromatic heterocycles. The molecular weight excluding hydrogens is 371 g/mol. The van der Waals surface area contributed by atoms with Crippen LogP contribution in [0.3, 0.4) is 0 Å². The largest absolute Gasteiger partial charge is 0.417 e. The van der Waals surface area contributed by atoms with Crippen molar-refractivity contribution in [2.45, 2.75) is 45.3 Å². The van der Waals surface area contributed by atoms with Crippen molar-refractivity contribution in [3.05, 3.63) is 46.9 Å². The predicted octanol–water partition coefficient (Wildman–Crippen LogP) is 3.98. The zero-order valence-electron chi connectivity index (χ0n) is 15.3. The highest BCUT2D eigenvalue weighted by Crippen LogP contribution is 2.43. The van der Waals surface area contributed by atoms with Crippen molar-refractivity contribution >= 4 is 22.8 Å². The number of anilines is 1. The van der Waals surface area contributed by atoms with E-state index in [0.29, 0.717) is 11.5 Å². The topological polar surface area (TPSA) is 72.7 Å².